The van der Waals surface area contributed by atoms with Crippen molar-refractivity contribution < 1.29 is 18.7 Å². The predicted octanol–water partition coefficient (Wildman–Crippen LogP) is 3.77. The maximum Gasteiger partial charge on any atom is 0.344 e. The van der Waals surface area contributed by atoms with Gasteiger partial charge in [-0.25, -0.2) is 9.59 Å². The van der Waals surface area contributed by atoms with Crippen LogP contribution in [0, 0.1) is 6.92 Å². The molecule has 5 heteroatoms. The molecule has 130 valence electrons. The lowest BCUT2D eigenvalue weighted by molar-refractivity contribution is -0.157. The standard InChI is InChI=1S/C19H24O5/c1-6-7-13-10-16(20)23-18-12(2)15(9-8-14(13)18)22-11-17(21)24-19(3,4)5/h8-10H,6-7,11H2,1-5H3. The molecule has 0 atom stereocenters. The Hall–Kier alpha value is -2.30. The monoisotopic (exact) mass is 332 g/mol. The van der Waals surface area contributed by atoms with E-state index in [9.17, 15) is 9.59 Å². The van der Waals surface area contributed by atoms with Crippen LogP contribution in [0.25, 0.3) is 11.0 Å². The van der Waals surface area contributed by atoms with Gasteiger partial charge in [-0.1, -0.05) is 13.3 Å². The molecular weight excluding hydrogens is 308 g/mol. The van der Waals surface area contributed by atoms with Gasteiger partial charge in [0.2, 0.25) is 0 Å². The third-order valence-corrected chi connectivity index (χ3v) is 3.48. The third kappa shape index (κ3) is 4.37. The maximum absolute atomic E-state index is 11.8. The first-order chi connectivity index (χ1) is 11.2. The van der Waals surface area contributed by atoms with Gasteiger partial charge in [0.25, 0.3) is 0 Å². The number of esters is 1. The first-order valence-electron chi connectivity index (χ1n) is 8.12. The van der Waals surface area contributed by atoms with Crippen molar-refractivity contribution in [2.24, 2.45) is 0 Å². The van der Waals surface area contributed by atoms with E-state index in [0.29, 0.717) is 16.9 Å². The summed E-state index contributed by atoms with van der Waals surface area (Å²) in [6.45, 7) is 9.09. The van der Waals surface area contributed by atoms with E-state index in [4.69, 9.17) is 13.9 Å². The summed E-state index contributed by atoms with van der Waals surface area (Å²) in [6, 6.07) is 5.19. The van der Waals surface area contributed by atoms with Gasteiger partial charge >= 0.3 is 11.6 Å². The first-order valence-corrected chi connectivity index (χ1v) is 8.12. The lowest BCUT2D eigenvalue weighted by Crippen LogP contribution is -2.27. The average molecular weight is 332 g/mol. The Bertz CT molecular complexity index is 796. The normalized spacial score (nSPS) is 11.5. The highest BCUT2D eigenvalue weighted by molar-refractivity contribution is 5.85. The minimum atomic E-state index is -0.555. The lowest BCUT2D eigenvalue weighted by atomic mass is 10.0. The molecule has 0 fully saturated rings. The molecule has 0 aliphatic rings. The Balaban J connectivity index is 2.28. The molecule has 2 aromatic rings. The van der Waals surface area contributed by atoms with E-state index >= 15 is 0 Å². The van der Waals surface area contributed by atoms with Crippen LogP contribution < -0.4 is 10.4 Å². The molecule has 0 amide bonds. The molecule has 24 heavy (non-hydrogen) atoms. The molecule has 1 aromatic carbocycles. The Morgan fingerprint density at radius 3 is 2.58 bits per heavy atom. The number of rotatable bonds is 5. The molecule has 0 saturated heterocycles. The van der Waals surface area contributed by atoms with Crippen LogP contribution in [-0.2, 0) is 16.0 Å². The van der Waals surface area contributed by atoms with Gasteiger partial charge in [-0.15, -0.1) is 0 Å². The van der Waals surface area contributed by atoms with Crippen LogP contribution in [0.1, 0.15) is 45.2 Å². The molecule has 0 aliphatic heterocycles. The third-order valence-electron chi connectivity index (χ3n) is 3.48. The second-order valence-electron chi connectivity index (χ2n) is 6.78. The summed E-state index contributed by atoms with van der Waals surface area (Å²) >= 11 is 0. The van der Waals surface area contributed by atoms with Crippen molar-refractivity contribution in [1.82, 2.24) is 0 Å². The van der Waals surface area contributed by atoms with E-state index in [-0.39, 0.29) is 12.2 Å². The molecular formula is C19H24O5. The largest absolute Gasteiger partial charge is 0.481 e. The van der Waals surface area contributed by atoms with Gasteiger partial charge in [0, 0.05) is 17.0 Å². The Morgan fingerprint density at radius 2 is 1.96 bits per heavy atom. The second kappa shape index (κ2) is 7.07. The molecule has 0 spiro atoms. The summed E-state index contributed by atoms with van der Waals surface area (Å²) in [6.07, 6.45) is 1.74. The quantitative estimate of drug-likeness (QED) is 0.616. The molecule has 0 radical (unpaired) electrons. The molecule has 2 rings (SSSR count). The summed E-state index contributed by atoms with van der Waals surface area (Å²) in [4.78, 5) is 23.6. The van der Waals surface area contributed by atoms with Crippen molar-refractivity contribution >= 4 is 16.9 Å². The highest BCUT2D eigenvalue weighted by Crippen LogP contribution is 2.29. The average Bonchev–Trinajstić information content (AvgIpc) is 2.45. The Morgan fingerprint density at radius 1 is 1.25 bits per heavy atom. The van der Waals surface area contributed by atoms with Crippen molar-refractivity contribution in [1.29, 1.82) is 0 Å². The molecule has 0 N–H and O–H groups in total. The number of hydrogen-bond donors (Lipinski definition) is 0. The molecule has 0 bridgehead atoms. The minimum absolute atomic E-state index is 0.192. The highest BCUT2D eigenvalue weighted by Gasteiger charge is 2.18. The van der Waals surface area contributed by atoms with Crippen LogP contribution in [0.5, 0.6) is 5.75 Å². The molecule has 0 aliphatic carbocycles. The Labute approximate surface area is 141 Å². The zero-order valence-electron chi connectivity index (χ0n) is 14.9. The summed E-state index contributed by atoms with van der Waals surface area (Å²) < 4.78 is 16.1. The van der Waals surface area contributed by atoms with E-state index in [0.717, 1.165) is 23.8 Å². The molecule has 1 aromatic heterocycles. The fraction of sp³-hybridized carbons (Fsp3) is 0.474. The van der Waals surface area contributed by atoms with Gasteiger partial charge in [-0.2, -0.15) is 0 Å². The van der Waals surface area contributed by atoms with E-state index in [2.05, 4.69) is 6.92 Å². The van der Waals surface area contributed by atoms with Crippen molar-refractivity contribution in [2.75, 3.05) is 6.61 Å². The minimum Gasteiger partial charge on any atom is -0.481 e. The van der Waals surface area contributed by atoms with E-state index in [1.165, 1.54) is 6.07 Å². The van der Waals surface area contributed by atoms with Crippen LogP contribution in [0.4, 0.5) is 0 Å². The summed E-state index contributed by atoms with van der Waals surface area (Å²) in [7, 11) is 0. The predicted molar refractivity (Wildman–Crippen MR) is 92.6 cm³/mol. The van der Waals surface area contributed by atoms with Crippen LogP contribution >= 0.6 is 0 Å². The van der Waals surface area contributed by atoms with Crippen molar-refractivity contribution in [3.8, 4) is 5.75 Å². The van der Waals surface area contributed by atoms with E-state index in [1.54, 1.807) is 26.8 Å². The lowest BCUT2D eigenvalue weighted by Gasteiger charge is -2.19. The number of ether oxygens (including phenoxy) is 2. The van der Waals surface area contributed by atoms with Gasteiger partial charge in [0.15, 0.2) is 6.61 Å². The van der Waals surface area contributed by atoms with Crippen molar-refractivity contribution in [2.45, 2.75) is 53.1 Å². The fourth-order valence-corrected chi connectivity index (χ4v) is 2.55. The van der Waals surface area contributed by atoms with E-state index < -0.39 is 11.6 Å². The maximum atomic E-state index is 11.8. The van der Waals surface area contributed by atoms with Gasteiger partial charge in [0.05, 0.1) is 0 Å². The fourth-order valence-electron chi connectivity index (χ4n) is 2.55. The molecule has 0 saturated carbocycles. The van der Waals surface area contributed by atoms with Crippen LogP contribution in [0.15, 0.2) is 27.4 Å². The number of hydrogen-bond acceptors (Lipinski definition) is 5. The number of aryl methyl sites for hydroxylation is 2. The molecule has 1 heterocycles. The summed E-state index contributed by atoms with van der Waals surface area (Å²) in [5.74, 6) is 0.0633. The van der Waals surface area contributed by atoms with Crippen molar-refractivity contribution in [3.63, 3.8) is 0 Å². The smallest absolute Gasteiger partial charge is 0.344 e. The number of carbonyl (C=O) groups excluding carboxylic acids is 1. The summed E-state index contributed by atoms with van der Waals surface area (Å²) in [5.41, 5.74) is 1.24. The number of benzene rings is 1. The van der Waals surface area contributed by atoms with E-state index in [1.807, 2.05) is 13.0 Å². The van der Waals surface area contributed by atoms with Crippen LogP contribution in [0.3, 0.4) is 0 Å². The molecule has 0 unspecified atom stereocenters. The van der Waals surface area contributed by atoms with Gasteiger partial charge < -0.3 is 13.9 Å². The number of fused-ring (bicyclic) bond motifs is 1. The van der Waals surface area contributed by atoms with Gasteiger partial charge in [0.1, 0.15) is 16.9 Å². The van der Waals surface area contributed by atoms with Crippen molar-refractivity contribution in [3.05, 3.63) is 39.7 Å². The zero-order valence-corrected chi connectivity index (χ0v) is 14.9. The SMILES string of the molecule is CCCc1cc(=O)oc2c(C)c(OCC(=O)OC(C)(C)C)ccc12. The molecule has 5 nitrogen and oxygen atoms in total. The highest BCUT2D eigenvalue weighted by atomic mass is 16.6. The Kier molecular flexibility index (Phi) is 5.32. The van der Waals surface area contributed by atoms with Gasteiger partial charge in [-0.3, -0.25) is 0 Å². The second-order valence-corrected chi connectivity index (χ2v) is 6.78. The number of carbonyl (C=O) groups is 1. The van der Waals surface area contributed by atoms with Gasteiger partial charge in [-0.05, 0) is 51.8 Å². The zero-order chi connectivity index (χ0) is 17.9. The first kappa shape index (κ1) is 18.0. The van der Waals surface area contributed by atoms with Crippen LogP contribution in [0.2, 0.25) is 0 Å². The topological polar surface area (TPSA) is 65.7 Å². The summed E-state index contributed by atoms with van der Waals surface area (Å²) in [5, 5.41) is 0.901. The van der Waals surface area contributed by atoms with Crippen LogP contribution in [-0.4, -0.2) is 18.2 Å².